The molecule has 2 heterocycles. The van der Waals surface area contributed by atoms with Gasteiger partial charge >= 0.3 is 0 Å². The van der Waals surface area contributed by atoms with Crippen molar-refractivity contribution in [2.45, 2.75) is 19.3 Å². The summed E-state index contributed by atoms with van der Waals surface area (Å²) >= 11 is 2.91. The maximum atomic E-state index is 11.8. The van der Waals surface area contributed by atoms with E-state index in [-0.39, 0.29) is 24.2 Å². The molecule has 0 radical (unpaired) electrons. The Labute approximate surface area is 148 Å². The summed E-state index contributed by atoms with van der Waals surface area (Å²) in [6, 6.07) is 3.89. The first kappa shape index (κ1) is 18.1. The van der Waals surface area contributed by atoms with E-state index in [1.807, 2.05) is 17.5 Å². The highest BCUT2D eigenvalue weighted by Crippen LogP contribution is 2.20. The molecule has 0 aromatic carbocycles. The maximum Gasteiger partial charge on any atom is 0.282 e. The molecule has 0 aliphatic heterocycles. The molecule has 2 aromatic heterocycles. The van der Waals surface area contributed by atoms with Crippen LogP contribution in [0.1, 0.15) is 25.3 Å². The second kappa shape index (κ2) is 8.02. The second-order valence-electron chi connectivity index (χ2n) is 5.32. The molecule has 0 saturated heterocycles. The van der Waals surface area contributed by atoms with Crippen molar-refractivity contribution in [1.29, 1.82) is 0 Å². The van der Waals surface area contributed by atoms with Crippen LogP contribution in [0.3, 0.4) is 0 Å². The smallest absolute Gasteiger partial charge is 0.282 e. The van der Waals surface area contributed by atoms with Crippen molar-refractivity contribution >= 4 is 40.4 Å². The molecule has 2 aromatic rings. The largest absolute Gasteiger partial charge is 0.370 e. The third kappa shape index (κ3) is 5.14. The molecule has 0 fully saturated rings. The fourth-order valence-electron chi connectivity index (χ4n) is 1.95. The number of aliphatic imine (C=N–C) groups is 1. The van der Waals surface area contributed by atoms with Crippen LogP contribution in [-0.2, 0) is 24.1 Å². The number of carbonyl (C=O) groups is 2. The van der Waals surface area contributed by atoms with Crippen molar-refractivity contribution in [3.8, 4) is 0 Å². The minimum absolute atomic E-state index is 0.0806. The van der Waals surface area contributed by atoms with Crippen LogP contribution in [0.15, 0.2) is 22.5 Å². The summed E-state index contributed by atoms with van der Waals surface area (Å²) in [6.07, 6.45) is 1.75. The minimum Gasteiger partial charge on any atom is -0.370 e. The quantitative estimate of drug-likeness (QED) is 0.586. The summed E-state index contributed by atoms with van der Waals surface area (Å²) in [4.78, 5) is 34.8. The van der Waals surface area contributed by atoms with Crippen molar-refractivity contribution in [2.75, 3.05) is 14.1 Å². The van der Waals surface area contributed by atoms with Gasteiger partial charge < -0.3 is 16.4 Å². The molecule has 4 N–H and O–H groups in total. The molecule has 0 bridgehead atoms. The van der Waals surface area contributed by atoms with Crippen LogP contribution in [0, 0.1) is 0 Å². The van der Waals surface area contributed by atoms with Crippen LogP contribution in [0.25, 0.3) is 0 Å². The van der Waals surface area contributed by atoms with Crippen LogP contribution in [-0.4, -0.2) is 41.8 Å². The third-order valence-corrected chi connectivity index (χ3v) is 5.09. The highest BCUT2D eigenvalue weighted by Gasteiger charge is 2.13. The molecule has 0 spiro atoms. The Balaban J connectivity index is 1.90. The van der Waals surface area contributed by atoms with Crippen LogP contribution >= 0.6 is 22.7 Å². The van der Waals surface area contributed by atoms with Crippen molar-refractivity contribution in [1.82, 2.24) is 9.88 Å². The number of thiophene rings is 1. The van der Waals surface area contributed by atoms with Crippen molar-refractivity contribution in [2.24, 2.45) is 16.5 Å². The van der Waals surface area contributed by atoms with E-state index >= 15 is 0 Å². The number of carbonyl (C=O) groups excluding carboxylic acids is 2. The minimum atomic E-state index is -0.352. The van der Waals surface area contributed by atoms with Gasteiger partial charge in [-0.2, -0.15) is 4.99 Å². The molecule has 2 amide bonds. The van der Waals surface area contributed by atoms with Crippen LogP contribution < -0.4 is 11.5 Å². The Kier molecular flexibility index (Phi) is 6.04. The number of thiazole rings is 1. The van der Waals surface area contributed by atoms with Gasteiger partial charge in [0.15, 0.2) is 11.0 Å². The van der Waals surface area contributed by atoms with Gasteiger partial charge in [-0.15, -0.1) is 22.7 Å². The van der Waals surface area contributed by atoms with Gasteiger partial charge in [-0.05, 0) is 25.0 Å². The van der Waals surface area contributed by atoms with Crippen LogP contribution in [0.5, 0.6) is 0 Å². The molecular weight excluding hydrogens is 346 g/mol. The first-order valence-corrected chi connectivity index (χ1v) is 8.91. The van der Waals surface area contributed by atoms with Gasteiger partial charge in [-0.1, -0.05) is 0 Å². The van der Waals surface area contributed by atoms with Gasteiger partial charge in [0.05, 0.1) is 12.1 Å². The lowest BCUT2D eigenvalue weighted by atomic mass is 10.2. The van der Waals surface area contributed by atoms with Gasteiger partial charge in [0, 0.05) is 29.2 Å². The lowest BCUT2D eigenvalue weighted by Crippen LogP contribution is -2.24. The average molecular weight is 365 g/mol. The van der Waals surface area contributed by atoms with Crippen molar-refractivity contribution in [3.05, 3.63) is 38.0 Å². The summed E-state index contributed by atoms with van der Waals surface area (Å²) in [5.74, 6) is -0.652. The van der Waals surface area contributed by atoms with Crippen LogP contribution in [0.4, 0.5) is 0 Å². The van der Waals surface area contributed by atoms with E-state index in [9.17, 15) is 9.59 Å². The fraction of sp³-hybridized carbons (Fsp3) is 0.333. The fourth-order valence-corrected chi connectivity index (χ4v) is 3.83. The van der Waals surface area contributed by atoms with Gasteiger partial charge in [0.1, 0.15) is 0 Å². The average Bonchev–Trinajstić information content (AvgIpc) is 3.12. The van der Waals surface area contributed by atoms with E-state index in [4.69, 9.17) is 11.5 Å². The number of rotatable bonds is 6. The number of aryl methyl sites for hydroxylation is 2. The van der Waals surface area contributed by atoms with Crippen LogP contribution in [0.2, 0.25) is 0 Å². The molecule has 0 aliphatic rings. The standard InChI is InChI=1S/C15H19N5O2S2/c1-20(2)14(22)13-18-9(8-23-13)3-4-10-5-6-11(24-10)7-12(21)19-15(16)17/h5-6,8H,3-4,7H2,1-2H3,(H4,16,17,19,21). The van der Waals surface area contributed by atoms with E-state index in [2.05, 4.69) is 9.98 Å². The number of hydrogen-bond donors (Lipinski definition) is 2. The predicted octanol–water partition coefficient (Wildman–Crippen LogP) is 1.03. The molecule has 24 heavy (non-hydrogen) atoms. The zero-order valence-electron chi connectivity index (χ0n) is 13.5. The Morgan fingerprint density at radius 1 is 1.21 bits per heavy atom. The van der Waals surface area contributed by atoms with Crippen molar-refractivity contribution < 1.29 is 9.59 Å². The number of guanidine groups is 1. The zero-order chi connectivity index (χ0) is 17.7. The Hall–Kier alpha value is -2.26. The van der Waals surface area contributed by atoms with E-state index in [1.165, 1.54) is 16.2 Å². The monoisotopic (exact) mass is 365 g/mol. The second-order valence-corrected chi connectivity index (χ2v) is 7.43. The summed E-state index contributed by atoms with van der Waals surface area (Å²) in [7, 11) is 3.42. The highest BCUT2D eigenvalue weighted by molar-refractivity contribution is 7.12. The normalized spacial score (nSPS) is 10.4. The van der Waals surface area contributed by atoms with Gasteiger partial charge in [-0.25, -0.2) is 4.98 Å². The lowest BCUT2D eigenvalue weighted by molar-refractivity contribution is -0.117. The van der Waals surface area contributed by atoms with Gasteiger partial charge in [-0.3, -0.25) is 9.59 Å². The number of nitrogens with zero attached hydrogens (tertiary/aromatic N) is 3. The molecular formula is C15H19N5O2S2. The molecule has 128 valence electrons. The summed E-state index contributed by atoms with van der Waals surface area (Å²) in [5.41, 5.74) is 11.3. The molecule has 0 atom stereocenters. The molecule has 0 saturated carbocycles. The maximum absolute atomic E-state index is 11.8. The predicted molar refractivity (Wildman–Crippen MR) is 96.4 cm³/mol. The van der Waals surface area contributed by atoms with E-state index in [0.29, 0.717) is 5.01 Å². The van der Waals surface area contributed by atoms with E-state index in [0.717, 1.165) is 28.3 Å². The zero-order valence-corrected chi connectivity index (χ0v) is 15.1. The number of aromatic nitrogens is 1. The summed E-state index contributed by atoms with van der Waals surface area (Å²) in [5, 5.41) is 2.41. The van der Waals surface area contributed by atoms with Gasteiger partial charge in [0.2, 0.25) is 0 Å². The molecule has 0 aliphatic carbocycles. The molecule has 2 rings (SSSR count). The van der Waals surface area contributed by atoms with E-state index in [1.54, 1.807) is 25.4 Å². The Morgan fingerprint density at radius 2 is 1.92 bits per heavy atom. The molecule has 7 nitrogen and oxygen atoms in total. The summed E-state index contributed by atoms with van der Waals surface area (Å²) < 4.78 is 0. The topological polar surface area (TPSA) is 115 Å². The number of nitrogens with two attached hydrogens (primary N) is 2. The Morgan fingerprint density at radius 3 is 2.58 bits per heavy atom. The molecule has 9 heteroatoms. The third-order valence-electron chi connectivity index (χ3n) is 3.06. The number of amides is 2. The first-order chi connectivity index (χ1) is 11.3. The Bertz CT molecular complexity index is 760. The molecule has 0 unspecified atom stereocenters. The van der Waals surface area contributed by atoms with Gasteiger partial charge in [0.25, 0.3) is 11.8 Å². The van der Waals surface area contributed by atoms with E-state index < -0.39 is 0 Å². The SMILES string of the molecule is CN(C)C(=O)c1nc(CCc2ccc(CC(=O)N=C(N)N)s2)cs1. The van der Waals surface area contributed by atoms with Crippen molar-refractivity contribution in [3.63, 3.8) is 0 Å². The number of hydrogen-bond acceptors (Lipinski definition) is 5. The summed E-state index contributed by atoms with van der Waals surface area (Å²) in [6.45, 7) is 0. The highest BCUT2D eigenvalue weighted by atomic mass is 32.1. The lowest BCUT2D eigenvalue weighted by Gasteiger charge is -2.06. The first-order valence-electron chi connectivity index (χ1n) is 7.21.